The van der Waals surface area contributed by atoms with Gasteiger partial charge in [-0.15, -0.1) is 0 Å². The standard InChI is InChI=1S/C23H30N2O3/c1-27-19-4-2-3-5-20(19)28-18-6-8-25(9-7-18)14-21(26)24-22-12-16-10-15-11-17(13-22)23(15,16)22/h2-5,15-18H,6-14H2,1H3,(H,24,26). The summed E-state index contributed by atoms with van der Waals surface area (Å²) >= 11 is 0. The van der Waals surface area contributed by atoms with E-state index in [0.29, 0.717) is 12.0 Å². The summed E-state index contributed by atoms with van der Waals surface area (Å²) in [5.41, 5.74) is 0.768. The molecule has 0 radical (unpaired) electrons. The number of benzene rings is 1. The average molecular weight is 383 g/mol. The fourth-order valence-corrected chi connectivity index (χ4v) is 7.74. The number of carbonyl (C=O) groups is 1. The van der Waals surface area contributed by atoms with Gasteiger partial charge in [-0.2, -0.15) is 0 Å². The van der Waals surface area contributed by atoms with Crippen molar-refractivity contribution in [1.29, 1.82) is 0 Å². The van der Waals surface area contributed by atoms with E-state index in [1.165, 1.54) is 25.7 Å². The van der Waals surface area contributed by atoms with Crippen molar-refractivity contribution >= 4 is 5.91 Å². The molecule has 0 aromatic heterocycles. The minimum atomic E-state index is 0.193. The van der Waals surface area contributed by atoms with Crippen LogP contribution in [0.25, 0.3) is 0 Å². The van der Waals surface area contributed by atoms with Crippen LogP contribution in [0.2, 0.25) is 0 Å². The number of methoxy groups -OCH3 is 1. The SMILES string of the molecule is COc1ccccc1OC1CCN(CC(=O)NC23CC4CC5CC(C2)C543)CC1. The molecular formula is C23H30N2O3. The molecule has 28 heavy (non-hydrogen) atoms. The molecule has 5 heteroatoms. The Morgan fingerprint density at radius 3 is 2.39 bits per heavy atom. The van der Waals surface area contributed by atoms with Crippen LogP contribution in [0.15, 0.2) is 24.3 Å². The van der Waals surface area contributed by atoms with Crippen molar-refractivity contribution in [2.24, 2.45) is 23.2 Å². The van der Waals surface area contributed by atoms with Gasteiger partial charge in [-0.1, -0.05) is 12.1 Å². The Hall–Kier alpha value is -1.75. The summed E-state index contributed by atoms with van der Waals surface area (Å²) in [6.45, 7) is 2.37. The van der Waals surface area contributed by atoms with Crippen molar-refractivity contribution < 1.29 is 14.3 Å². The zero-order chi connectivity index (χ0) is 18.9. The molecule has 1 aliphatic heterocycles. The number of para-hydroxylation sites is 2. The number of rotatable bonds is 6. The van der Waals surface area contributed by atoms with Gasteiger partial charge < -0.3 is 14.8 Å². The quantitative estimate of drug-likeness (QED) is 0.822. The van der Waals surface area contributed by atoms with Crippen LogP contribution in [0.4, 0.5) is 0 Å². The maximum atomic E-state index is 12.7. The van der Waals surface area contributed by atoms with Gasteiger partial charge in [0.05, 0.1) is 13.7 Å². The van der Waals surface area contributed by atoms with E-state index >= 15 is 0 Å². The Bertz CT molecular complexity index is 775. The molecule has 150 valence electrons. The zero-order valence-corrected chi connectivity index (χ0v) is 16.7. The molecule has 1 amide bonds. The van der Waals surface area contributed by atoms with Gasteiger partial charge in [-0.05, 0) is 68.4 Å². The normalized spacial score (nSPS) is 40.5. The largest absolute Gasteiger partial charge is 0.493 e. The molecule has 5 nitrogen and oxygen atoms in total. The first-order valence-corrected chi connectivity index (χ1v) is 11.0. The number of hydrogen-bond donors (Lipinski definition) is 1. The summed E-state index contributed by atoms with van der Waals surface area (Å²) in [6.07, 6.45) is 7.47. The van der Waals surface area contributed by atoms with Crippen molar-refractivity contribution in [2.75, 3.05) is 26.7 Å². The van der Waals surface area contributed by atoms with Crippen LogP contribution in [0.1, 0.15) is 38.5 Å². The number of hydrogen-bond acceptors (Lipinski definition) is 4. The van der Waals surface area contributed by atoms with E-state index in [2.05, 4.69) is 10.2 Å². The van der Waals surface area contributed by atoms with Crippen molar-refractivity contribution in [2.45, 2.75) is 50.2 Å². The smallest absolute Gasteiger partial charge is 0.234 e. The Morgan fingerprint density at radius 1 is 1.11 bits per heavy atom. The van der Waals surface area contributed by atoms with Gasteiger partial charge in [0.15, 0.2) is 11.5 Å². The van der Waals surface area contributed by atoms with Crippen LogP contribution in [0.3, 0.4) is 0 Å². The summed E-state index contributed by atoms with van der Waals surface area (Å²) in [7, 11) is 1.67. The predicted molar refractivity (Wildman–Crippen MR) is 105 cm³/mol. The van der Waals surface area contributed by atoms with E-state index in [1.54, 1.807) is 7.11 Å². The van der Waals surface area contributed by atoms with Gasteiger partial charge in [0, 0.05) is 24.0 Å². The highest BCUT2D eigenvalue weighted by Crippen LogP contribution is 2.89. The Morgan fingerprint density at radius 2 is 1.79 bits per heavy atom. The number of piperidine rings is 1. The monoisotopic (exact) mass is 382 g/mol. The first-order chi connectivity index (χ1) is 13.6. The van der Waals surface area contributed by atoms with E-state index in [1.807, 2.05) is 24.3 Å². The molecule has 5 aliphatic rings. The molecule has 4 saturated carbocycles. The lowest BCUT2D eigenvalue weighted by Crippen LogP contribution is -2.93. The molecule has 1 heterocycles. The Labute approximate surface area is 166 Å². The number of nitrogens with zero attached hydrogens (tertiary/aromatic N) is 1. The van der Waals surface area contributed by atoms with Gasteiger partial charge in [0.1, 0.15) is 6.10 Å². The van der Waals surface area contributed by atoms with E-state index in [9.17, 15) is 4.79 Å². The third-order valence-electron chi connectivity index (χ3n) is 8.83. The third-order valence-corrected chi connectivity index (χ3v) is 8.83. The van der Waals surface area contributed by atoms with E-state index in [4.69, 9.17) is 9.47 Å². The second kappa shape index (κ2) is 5.88. The number of carbonyl (C=O) groups excluding carboxylic acids is 1. The fraction of sp³-hybridized carbons (Fsp3) is 0.696. The highest BCUT2D eigenvalue weighted by Gasteiger charge is 2.88. The molecule has 1 aromatic rings. The Balaban J connectivity index is 0.995. The van der Waals surface area contributed by atoms with E-state index in [-0.39, 0.29) is 17.6 Å². The zero-order valence-electron chi connectivity index (χ0n) is 16.7. The lowest BCUT2D eigenvalue weighted by Gasteiger charge is -2.91. The van der Waals surface area contributed by atoms with Crippen LogP contribution in [-0.2, 0) is 4.79 Å². The third kappa shape index (κ3) is 2.09. The lowest BCUT2D eigenvalue weighted by atomic mass is 9.15. The van der Waals surface area contributed by atoms with Crippen molar-refractivity contribution in [3.8, 4) is 11.5 Å². The molecule has 6 rings (SSSR count). The second-order valence-corrected chi connectivity index (χ2v) is 9.78. The van der Waals surface area contributed by atoms with E-state index in [0.717, 1.165) is 55.2 Å². The van der Waals surface area contributed by atoms with Crippen LogP contribution in [0, 0.1) is 23.2 Å². The van der Waals surface area contributed by atoms with Gasteiger partial charge in [-0.25, -0.2) is 0 Å². The molecular weight excluding hydrogens is 352 g/mol. The molecule has 5 fully saturated rings. The summed E-state index contributed by atoms with van der Waals surface area (Å²) in [4.78, 5) is 15.0. The number of ether oxygens (including phenoxy) is 2. The fourth-order valence-electron chi connectivity index (χ4n) is 7.74. The molecule has 2 atom stereocenters. The first-order valence-electron chi connectivity index (χ1n) is 11.0. The van der Waals surface area contributed by atoms with Crippen LogP contribution in [0.5, 0.6) is 11.5 Å². The minimum absolute atomic E-state index is 0.193. The molecule has 0 bridgehead atoms. The van der Waals surface area contributed by atoms with Gasteiger partial charge in [0.2, 0.25) is 5.91 Å². The highest BCUT2D eigenvalue weighted by molar-refractivity contribution is 5.80. The minimum Gasteiger partial charge on any atom is -0.493 e. The molecule has 1 spiro atoms. The average Bonchev–Trinajstić information content (AvgIpc) is 2.64. The lowest BCUT2D eigenvalue weighted by molar-refractivity contribution is -0.394. The van der Waals surface area contributed by atoms with Crippen molar-refractivity contribution in [3.63, 3.8) is 0 Å². The molecule has 2 unspecified atom stereocenters. The Kier molecular flexibility index (Phi) is 3.60. The van der Waals surface area contributed by atoms with Crippen LogP contribution >= 0.6 is 0 Å². The second-order valence-electron chi connectivity index (χ2n) is 9.78. The summed E-state index contributed by atoms with van der Waals surface area (Å²) in [5, 5.41) is 3.50. The molecule has 4 aliphatic carbocycles. The highest BCUT2D eigenvalue weighted by atomic mass is 16.5. The van der Waals surface area contributed by atoms with Crippen LogP contribution < -0.4 is 14.8 Å². The van der Waals surface area contributed by atoms with Crippen LogP contribution in [-0.4, -0.2) is 49.2 Å². The van der Waals surface area contributed by atoms with Gasteiger partial charge in [0.25, 0.3) is 0 Å². The molecule has 1 aromatic carbocycles. The predicted octanol–water partition coefficient (Wildman–Crippen LogP) is 2.84. The number of amides is 1. The van der Waals surface area contributed by atoms with E-state index < -0.39 is 0 Å². The van der Waals surface area contributed by atoms with Gasteiger partial charge >= 0.3 is 0 Å². The first kappa shape index (κ1) is 17.1. The number of likely N-dealkylation sites (tertiary alicyclic amines) is 1. The van der Waals surface area contributed by atoms with Crippen molar-refractivity contribution in [3.05, 3.63) is 24.3 Å². The number of nitrogens with one attached hydrogen (secondary N) is 1. The summed E-state index contributed by atoms with van der Waals surface area (Å²) < 4.78 is 11.5. The molecule has 1 saturated heterocycles. The summed E-state index contributed by atoms with van der Waals surface area (Å²) in [5.74, 6) is 4.66. The summed E-state index contributed by atoms with van der Waals surface area (Å²) in [6, 6.07) is 7.82. The van der Waals surface area contributed by atoms with Gasteiger partial charge in [-0.3, -0.25) is 9.69 Å². The maximum absolute atomic E-state index is 12.7. The maximum Gasteiger partial charge on any atom is 0.234 e. The topological polar surface area (TPSA) is 50.8 Å². The molecule has 1 N–H and O–H groups in total. The van der Waals surface area contributed by atoms with Crippen molar-refractivity contribution in [1.82, 2.24) is 10.2 Å².